The number of urea groups is 1. The normalized spacial score (nSPS) is 16.5. The zero-order chi connectivity index (χ0) is 21.0. The van der Waals surface area contributed by atoms with Gasteiger partial charge in [0.25, 0.3) is 0 Å². The molecule has 1 unspecified atom stereocenters. The van der Waals surface area contributed by atoms with Gasteiger partial charge >= 0.3 is 12.0 Å². The van der Waals surface area contributed by atoms with Gasteiger partial charge in [-0.2, -0.15) is 0 Å². The van der Waals surface area contributed by atoms with Gasteiger partial charge in [0.2, 0.25) is 0 Å². The van der Waals surface area contributed by atoms with Crippen molar-refractivity contribution in [1.82, 2.24) is 10.2 Å². The largest absolute Gasteiger partial charge is 0.487 e. The summed E-state index contributed by atoms with van der Waals surface area (Å²) in [7, 11) is 1.57. The fraction of sp³-hybridized carbons (Fsp3) is 0.238. The van der Waals surface area contributed by atoms with E-state index >= 15 is 0 Å². The molecule has 0 aliphatic carbocycles. The molecule has 8 heteroatoms. The first-order valence-corrected chi connectivity index (χ1v) is 9.74. The van der Waals surface area contributed by atoms with Gasteiger partial charge in [0.1, 0.15) is 12.4 Å². The van der Waals surface area contributed by atoms with E-state index in [1.54, 1.807) is 62.5 Å². The maximum absolute atomic E-state index is 12.8. The SMILES string of the molecule is CCOC(=O)C1=C(COc2cccc(Cl)c2)N(C)C(=O)NC1c1ccc(Cl)cc1. The molecule has 2 aromatic rings. The van der Waals surface area contributed by atoms with Gasteiger partial charge in [-0.15, -0.1) is 0 Å². The Morgan fingerprint density at radius 2 is 1.86 bits per heavy atom. The van der Waals surface area contributed by atoms with Crippen molar-refractivity contribution in [3.05, 3.63) is 75.4 Å². The van der Waals surface area contributed by atoms with Gasteiger partial charge in [0.05, 0.1) is 23.9 Å². The molecule has 0 spiro atoms. The van der Waals surface area contributed by atoms with Crippen LogP contribution in [0.3, 0.4) is 0 Å². The minimum absolute atomic E-state index is 0.0114. The highest BCUT2D eigenvalue weighted by Crippen LogP contribution is 2.32. The number of benzene rings is 2. The Kier molecular flexibility index (Phi) is 6.67. The van der Waals surface area contributed by atoms with E-state index in [1.807, 2.05) is 0 Å². The van der Waals surface area contributed by atoms with Gasteiger partial charge in [0.15, 0.2) is 0 Å². The number of halogens is 2. The number of carbonyl (C=O) groups excluding carboxylic acids is 2. The number of likely N-dealkylation sites (N-methyl/N-ethyl adjacent to an activating group) is 1. The predicted molar refractivity (Wildman–Crippen MR) is 111 cm³/mol. The number of hydrogen-bond donors (Lipinski definition) is 1. The van der Waals surface area contributed by atoms with E-state index in [9.17, 15) is 9.59 Å². The highest BCUT2D eigenvalue weighted by atomic mass is 35.5. The van der Waals surface area contributed by atoms with Crippen LogP contribution < -0.4 is 10.1 Å². The molecule has 0 saturated carbocycles. The molecule has 1 atom stereocenters. The van der Waals surface area contributed by atoms with Crippen LogP contribution in [0.5, 0.6) is 5.75 Å². The second-order valence-electron chi connectivity index (χ2n) is 6.32. The lowest BCUT2D eigenvalue weighted by atomic mass is 9.95. The second-order valence-corrected chi connectivity index (χ2v) is 7.19. The van der Waals surface area contributed by atoms with Crippen LogP contribution in [0.25, 0.3) is 0 Å². The summed E-state index contributed by atoms with van der Waals surface area (Å²) in [4.78, 5) is 26.7. The molecule has 1 heterocycles. The smallest absolute Gasteiger partial charge is 0.338 e. The lowest BCUT2D eigenvalue weighted by Gasteiger charge is -2.34. The molecule has 3 rings (SSSR count). The average Bonchev–Trinajstić information content (AvgIpc) is 2.69. The molecule has 0 radical (unpaired) electrons. The summed E-state index contributed by atoms with van der Waals surface area (Å²) < 4.78 is 11.1. The first-order valence-electron chi connectivity index (χ1n) is 8.99. The fourth-order valence-corrected chi connectivity index (χ4v) is 3.30. The van der Waals surface area contributed by atoms with Crippen molar-refractivity contribution in [2.45, 2.75) is 13.0 Å². The van der Waals surface area contributed by atoms with E-state index in [0.29, 0.717) is 32.6 Å². The molecule has 29 heavy (non-hydrogen) atoms. The van der Waals surface area contributed by atoms with Gasteiger partial charge in [-0.05, 0) is 42.8 Å². The second kappa shape index (κ2) is 9.20. The maximum Gasteiger partial charge on any atom is 0.338 e. The van der Waals surface area contributed by atoms with Crippen molar-refractivity contribution in [3.63, 3.8) is 0 Å². The first-order chi connectivity index (χ1) is 13.9. The molecule has 6 nitrogen and oxygen atoms in total. The molecule has 152 valence electrons. The number of ether oxygens (including phenoxy) is 2. The zero-order valence-electron chi connectivity index (χ0n) is 15.9. The fourth-order valence-electron chi connectivity index (χ4n) is 3.00. The van der Waals surface area contributed by atoms with Crippen molar-refractivity contribution in [2.75, 3.05) is 20.3 Å². The van der Waals surface area contributed by atoms with E-state index in [1.165, 1.54) is 4.90 Å². The molecule has 1 aliphatic heterocycles. The van der Waals surface area contributed by atoms with Crippen LogP contribution in [0, 0.1) is 0 Å². The molecular formula is C21H20Cl2N2O4. The van der Waals surface area contributed by atoms with E-state index in [0.717, 1.165) is 0 Å². The molecule has 0 aromatic heterocycles. The summed E-state index contributed by atoms with van der Waals surface area (Å²) >= 11 is 12.0. The van der Waals surface area contributed by atoms with Gasteiger partial charge < -0.3 is 14.8 Å². The topological polar surface area (TPSA) is 67.9 Å². The third-order valence-electron chi connectivity index (χ3n) is 4.45. The maximum atomic E-state index is 12.8. The van der Waals surface area contributed by atoms with E-state index < -0.39 is 12.0 Å². The van der Waals surface area contributed by atoms with Crippen molar-refractivity contribution >= 4 is 35.2 Å². The van der Waals surface area contributed by atoms with Crippen molar-refractivity contribution < 1.29 is 19.1 Å². The lowest BCUT2D eigenvalue weighted by Crippen LogP contribution is -2.48. The molecule has 0 saturated heterocycles. The summed E-state index contributed by atoms with van der Waals surface area (Å²) in [5, 5.41) is 3.92. The van der Waals surface area contributed by atoms with Gasteiger partial charge in [-0.25, -0.2) is 9.59 Å². The highest BCUT2D eigenvalue weighted by molar-refractivity contribution is 6.30. The Morgan fingerprint density at radius 3 is 2.52 bits per heavy atom. The summed E-state index contributed by atoms with van der Waals surface area (Å²) in [6, 6.07) is 12.8. The third kappa shape index (κ3) is 4.83. The number of rotatable bonds is 6. The van der Waals surface area contributed by atoms with Gasteiger partial charge in [-0.1, -0.05) is 41.4 Å². The van der Waals surface area contributed by atoms with E-state index in [4.69, 9.17) is 32.7 Å². The van der Waals surface area contributed by atoms with Crippen LogP contribution in [0.15, 0.2) is 59.8 Å². The van der Waals surface area contributed by atoms with Crippen molar-refractivity contribution in [3.8, 4) is 5.75 Å². The summed E-state index contributed by atoms with van der Waals surface area (Å²) in [5.41, 5.74) is 1.42. The molecule has 2 aromatic carbocycles. The minimum atomic E-state index is -0.687. The number of carbonyl (C=O) groups is 2. The van der Waals surface area contributed by atoms with Gasteiger partial charge in [0, 0.05) is 17.1 Å². The van der Waals surface area contributed by atoms with Crippen LogP contribution in [-0.2, 0) is 9.53 Å². The molecule has 0 bridgehead atoms. The Bertz CT molecular complexity index is 944. The molecule has 1 aliphatic rings. The van der Waals surface area contributed by atoms with Crippen LogP contribution >= 0.6 is 23.2 Å². The third-order valence-corrected chi connectivity index (χ3v) is 4.93. The average molecular weight is 435 g/mol. The molecular weight excluding hydrogens is 415 g/mol. The predicted octanol–water partition coefficient (Wildman–Crippen LogP) is 4.59. The van der Waals surface area contributed by atoms with Crippen LogP contribution in [0.4, 0.5) is 4.79 Å². The number of nitrogens with one attached hydrogen (secondary N) is 1. The lowest BCUT2D eigenvalue weighted by molar-refractivity contribution is -0.139. The van der Waals surface area contributed by atoms with Crippen LogP contribution in [0.2, 0.25) is 10.0 Å². The van der Waals surface area contributed by atoms with Crippen LogP contribution in [-0.4, -0.2) is 37.2 Å². The van der Waals surface area contributed by atoms with Crippen molar-refractivity contribution in [2.24, 2.45) is 0 Å². The summed E-state index contributed by atoms with van der Waals surface area (Å²) in [6.07, 6.45) is 0. The minimum Gasteiger partial charge on any atom is -0.487 e. The standard InChI is InChI=1S/C21H20Cl2N2O4/c1-3-28-20(26)18-17(12-29-16-6-4-5-15(23)11-16)25(2)21(27)24-19(18)13-7-9-14(22)10-8-13/h4-11,19H,3,12H2,1-2H3,(H,24,27). The zero-order valence-corrected chi connectivity index (χ0v) is 17.5. The Labute approximate surface area is 179 Å². The first kappa shape index (κ1) is 21.0. The van der Waals surface area contributed by atoms with Crippen molar-refractivity contribution in [1.29, 1.82) is 0 Å². The highest BCUT2D eigenvalue weighted by Gasteiger charge is 2.37. The van der Waals surface area contributed by atoms with Crippen LogP contribution in [0.1, 0.15) is 18.5 Å². The van der Waals surface area contributed by atoms with E-state index in [-0.39, 0.29) is 19.2 Å². The van der Waals surface area contributed by atoms with Gasteiger partial charge in [-0.3, -0.25) is 4.90 Å². The molecule has 2 amide bonds. The Balaban J connectivity index is 2.02. The molecule has 0 fully saturated rings. The number of esters is 1. The number of nitrogens with zero attached hydrogens (tertiary/aromatic N) is 1. The summed E-state index contributed by atoms with van der Waals surface area (Å²) in [6.45, 7) is 1.92. The van der Waals surface area contributed by atoms with E-state index in [2.05, 4.69) is 5.32 Å². The quantitative estimate of drug-likeness (QED) is 0.675. The number of amides is 2. The Morgan fingerprint density at radius 1 is 1.14 bits per heavy atom. The molecule has 1 N–H and O–H groups in total. The monoisotopic (exact) mass is 434 g/mol. The Hall–Kier alpha value is -2.70. The summed E-state index contributed by atoms with van der Waals surface area (Å²) in [5.74, 6) is -0.000345. The number of hydrogen-bond acceptors (Lipinski definition) is 4.